The molecule has 1 saturated heterocycles. The van der Waals surface area contributed by atoms with Crippen molar-refractivity contribution in [3.63, 3.8) is 0 Å². The van der Waals surface area contributed by atoms with Crippen LogP contribution in [0.4, 0.5) is 0 Å². The largest absolute Gasteiger partial charge is 0.355 e. The van der Waals surface area contributed by atoms with E-state index in [1.807, 2.05) is 30.3 Å². The van der Waals surface area contributed by atoms with Crippen molar-refractivity contribution in [1.29, 1.82) is 0 Å². The van der Waals surface area contributed by atoms with Crippen LogP contribution in [0.15, 0.2) is 30.3 Å². The molecule has 130 valence electrons. The van der Waals surface area contributed by atoms with E-state index in [0.29, 0.717) is 45.6 Å². The van der Waals surface area contributed by atoms with Crippen LogP contribution in [0.25, 0.3) is 0 Å². The molecular weight excluding hydrogens is 306 g/mol. The SMILES string of the molecule is CC(=O)N1CCCN(C(=O)CCNC(=O)Cc2ccccc2)CC1. The highest BCUT2D eigenvalue weighted by Gasteiger charge is 2.20. The van der Waals surface area contributed by atoms with Gasteiger partial charge in [-0.3, -0.25) is 14.4 Å². The smallest absolute Gasteiger partial charge is 0.224 e. The summed E-state index contributed by atoms with van der Waals surface area (Å²) in [6.07, 6.45) is 1.42. The van der Waals surface area contributed by atoms with E-state index in [2.05, 4.69) is 5.32 Å². The third-order valence-corrected chi connectivity index (χ3v) is 4.16. The molecule has 6 heteroatoms. The first-order valence-electron chi connectivity index (χ1n) is 8.40. The number of hydrogen-bond donors (Lipinski definition) is 1. The Morgan fingerprint density at radius 1 is 1.00 bits per heavy atom. The second-order valence-electron chi connectivity index (χ2n) is 6.00. The fraction of sp³-hybridized carbons (Fsp3) is 0.500. The zero-order valence-corrected chi connectivity index (χ0v) is 14.2. The van der Waals surface area contributed by atoms with Crippen molar-refractivity contribution >= 4 is 17.7 Å². The molecule has 1 heterocycles. The fourth-order valence-electron chi connectivity index (χ4n) is 2.79. The molecule has 3 amide bonds. The van der Waals surface area contributed by atoms with Crippen LogP contribution in [0.1, 0.15) is 25.3 Å². The molecule has 1 aromatic rings. The first kappa shape index (κ1) is 18.0. The number of hydrogen-bond acceptors (Lipinski definition) is 3. The van der Waals surface area contributed by atoms with Crippen molar-refractivity contribution in [2.75, 3.05) is 32.7 Å². The molecule has 0 aliphatic carbocycles. The second-order valence-corrected chi connectivity index (χ2v) is 6.00. The molecule has 1 aliphatic rings. The zero-order chi connectivity index (χ0) is 17.4. The Balaban J connectivity index is 1.69. The highest BCUT2D eigenvalue weighted by atomic mass is 16.2. The minimum atomic E-state index is -0.0763. The minimum absolute atomic E-state index is 0.0282. The predicted octanol–water partition coefficient (Wildman–Crippen LogP) is 0.816. The van der Waals surface area contributed by atoms with Gasteiger partial charge in [-0.2, -0.15) is 0 Å². The number of nitrogens with zero attached hydrogens (tertiary/aromatic N) is 2. The van der Waals surface area contributed by atoms with Crippen molar-refractivity contribution in [3.8, 4) is 0 Å². The molecule has 0 unspecified atom stereocenters. The predicted molar refractivity (Wildman–Crippen MR) is 91.2 cm³/mol. The Labute approximate surface area is 142 Å². The molecule has 1 fully saturated rings. The number of nitrogens with one attached hydrogen (secondary N) is 1. The van der Waals surface area contributed by atoms with Crippen molar-refractivity contribution < 1.29 is 14.4 Å². The lowest BCUT2D eigenvalue weighted by Crippen LogP contribution is -2.38. The fourth-order valence-corrected chi connectivity index (χ4v) is 2.79. The van der Waals surface area contributed by atoms with Crippen LogP contribution >= 0.6 is 0 Å². The van der Waals surface area contributed by atoms with Gasteiger partial charge in [-0.15, -0.1) is 0 Å². The Bertz CT molecular complexity index is 574. The summed E-state index contributed by atoms with van der Waals surface area (Å²) in [5, 5.41) is 2.79. The van der Waals surface area contributed by atoms with Crippen molar-refractivity contribution in [2.24, 2.45) is 0 Å². The molecule has 1 aromatic carbocycles. The summed E-state index contributed by atoms with van der Waals surface area (Å²) < 4.78 is 0. The van der Waals surface area contributed by atoms with Crippen LogP contribution in [0.2, 0.25) is 0 Å². The van der Waals surface area contributed by atoms with Gasteiger partial charge in [-0.1, -0.05) is 30.3 Å². The molecule has 1 N–H and O–H groups in total. The number of benzene rings is 1. The molecule has 6 nitrogen and oxygen atoms in total. The molecule has 0 radical (unpaired) electrons. The van der Waals surface area contributed by atoms with Crippen LogP contribution in [0, 0.1) is 0 Å². The van der Waals surface area contributed by atoms with E-state index >= 15 is 0 Å². The lowest BCUT2D eigenvalue weighted by atomic mass is 10.1. The van der Waals surface area contributed by atoms with E-state index in [9.17, 15) is 14.4 Å². The van der Waals surface area contributed by atoms with E-state index in [1.54, 1.807) is 16.7 Å². The topological polar surface area (TPSA) is 69.7 Å². The van der Waals surface area contributed by atoms with Gasteiger partial charge in [0.15, 0.2) is 0 Å². The molecule has 0 aromatic heterocycles. The normalized spacial score (nSPS) is 14.9. The van der Waals surface area contributed by atoms with E-state index < -0.39 is 0 Å². The van der Waals surface area contributed by atoms with Crippen LogP contribution in [0.5, 0.6) is 0 Å². The van der Waals surface area contributed by atoms with Gasteiger partial charge in [0.25, 0.3) is 0 Å². The summed E-state index contributed by atoms with van der Waals surface area (Å²) >= 11 is 0. The average molecular weight is 331 g/mol. The van der Waals surface area contributed by atoms with Gasteiger partial charge in [0, 0.05) is 46.1 Å². The molecule has 2 rings (SSSR count). The summed E-state index contributed by atoms with van der Waals surface area (Å²) in [5.74, 6) is 0.00510. The van der Waals surface area contributed by atoms with E-state index in [1.165, 1.54) is 0 Å². The first-order chi connectivity index (χ1) is 11.6. The Kier molecular flexibility index (Phi) is 6.78. The maximum Gasteiger partial charge on any atom is 0.224 e. The van der Waals surface area contributed by atoms with Crippen LogP contribution in [-0.2, 0) is 20.8 Å². The van der Waals surface area contributed by atoms with E-state index in [4.69, 9.17) is 0 Å². The van der Waals surface area contributed by atoms with Gasteiger partial charge in [-0.25, -0.2) is 0 Å². The molecule has 0 bridgehead atoms. The minimum Gasteiger partial charge on any atom is -0.355 e. The third-order valence-electron chi connectivity index (χ3n) is 4.16. The number of rotatable bonds is 5. The number of carbonyl (C=O) groups is 3. The van der Waals surface area contributed by atoms with Crippen LogP contribution in [0.3, 0.4) is 0 Å². The van der Waals surface area contributed by atoms with Crippen LogP contribution in [-0.4, -0.2) is 60.2 Å². The molecule has 24 heavy (non-hydrogen) atoms. The summed E-state index contributed by atoms with van der Waals surface area (Å²) in [6.45, 7) is 4.42. The Morgan fingerprint density at radius 3 is 2.38 bits per heavy atom. The highest BCUT2D eigenvalue weighted by Crippen LogP contribution is 2.05. The van der Waals surface area contributed by atoms with Crippen molar-refractivity contribution in [1.82, 2.24) is 15.1 Å². The Morgan fingerprint density at radius 2 is 1.67 bits per heavy atom. The molecule has 0 saturated carbocycles. The average Bonchev–Trinajstić information content (AvgIpc) is 2.82. The van der Waals surface area contributed by atoms with Gasteiger partial charge in [0.05, 0.1) is 6.42 Å². The monoisotopic (exact) mass is 331 g/mol. The highest BCUT2D eigenvalue weighted by molar-refractivity contribution is 5.80. The summed E-state index contributed by atoms with van der Waals surface area (Å²) in [4.78, 5) is 39.1. The summed E-state index contributed by atoms with van der Waals surface area (Å²) in [7, 11) is 0. The van der Waals surface area contributed by atoms with E-state index in [-0.39, 0.29) is 17.7 Å². The zero-order valence-electron chi connectivity index (χ0n) is 14.2. The van der Waals surface area contributed by atoms with Gasteiger partial charge in [-0.05, 0) is 12.0 Å². The van der Waals surface area contributed by atoms with Crippen molar-refractivity contribution in [2.45, 2.75) is 26.2 Å². The van der Waals surface area contributed by atoms with Gasteiger partial charge in [0.2, 0.25) is 17.7 Å². The third kappa shape index (κ3) is 5.68. The maximum absolute atomic E-state index is 12.2. The van der Waals surface area contributed by atoms with Gasteiger partial charge < -0.3 is 15.1 Å². The van der Waals surface area contributed by atoms with Crippen molar-refractivity contribution in [3.05, 3.63) is 35.9 Å². The summed E-state index contributed by atoms with van der Waals surface area (Å²) in [5.41, 5.74) is 0.957. The molecular formula is C18H25N3O3. The summed E-state index contributed by atoms with van der Waals surface area (Å²) in [6, 6.07) is 9.52. The maximum atomic E-state index is 12.2. The Hall–Kier alpha value is -2.37. The lowest BCUT2D eigenvalue weighted by Gasteiger charge is -2.21. The van der Waals surface area contributed by atoms with Gasteiger partial charge in [0.1, 0.15) is 0 Å². The number of carbonyl (C=O) groups excluding carboxylic acids is 3. The lowest BCUT2D eigenvalue weighted by molar-refractivity contribution is -0.132. The standard InChI is InChI=1S/C18H25N3O3/c1-15(22)20-10-5-11-21(13-12-20)18(24)8-9-19-17(23)14-16-6-3-2-4-7-16/h2-4,6-7H,5,8-14H2,1H3,(H,19,23). The molecule has 0 spiro atoms. The molecule has 0 atom stereocenters. The number of amides is 3. The quantitative estimate of drug-likeness (QED) is 0.868. The second kappa shape index (κ2) is 9.05. The van der Waals surface area contributed by atoms with E-state index in [0.717, 1.165) is 12.0 Å². The molecule has 1 aliphatic heterocycles. The van der Waals surface area contributed by atoms with Crippen LogP contribution < -0.4 is 5.32 Å². The van der Waals surface area contributed by atoms with Gasteiger partial charge >= 0.3 is 0 Å². The first-order valence-corrected chi connectivity index (χ1v) is 8.40.